The van der Waals surface area contributed by atoms with Crippen molar-refractivity contribution in [3.05, 3.63) is 57.4 Å². The van der Waals surface area contributed by atoms with Gasteiger partial charge in [-0.2, -0.15) is 9.40 Å². The molecule has 1 saturated heterocycles. The van der Waals surface area contributed by atoms with Crippen molar-refractivity contribution < 1.29 is 18.1 Å². The van der Waals surface area contributed by atoms with Crippen LogP contribution in [0.3, 0.4) is 0 Å². The van der Waals surface area contributed by atoms with Gasteiger partial charge < -0.3 is 4.90 Å². The van der Waals surface area contributed by atoms with E-state index in [1.54, 1.807) is 37.0 Å². The minimum atomic E-state index is -3.69. The minimum Gasteiger partial charge on any atom is -0.338 e. The fourth-order valence-corrected chi connectivity index (χ4v) is 5.19. The summed E-state index contributed by atoms with van der Waals surface area (Å²) in [6, 6.07) is 5.87. The van der Waals surface area contributed by atoms with Gasteiger partial charge in [-0.25, -0.2) is 8.42 Å². The van der Waals surface area contributed by atoms with Crippen LogP contribution in [0.5, 0.6) is 0 Å². The number of aryl methyl sites for hydroxylation is 2. The lowest BCUT2D eigenvalue weighted by atomic mass is 10.2. The monoisotopic (exact) mass is 433 g/mol. The van der Waals surface area contributed by atoms with E-state index in [0.717, 1.165) is 0 Å². The number of H-pyrrole nitrogens is 1. The van der Waals surface area contributed by atoms with E-state index >= 15 is 0 Å². The first-order valence-electron chi connectivity index (χ1n) is 9.43. The number of nitro benzene ring substituents is 1. The Morgan fingerprint density at radius 1 is 1.17 bits per heavy atom. The van der Waals surface area contributed by atoms with Crippen molar-refractivity contribution in [2.24, 2.45) is 0 Å². The number of nitro groups is 1. The van der Waals surface area contributed by atoms with E-state index in [1.807, 2.05) is 0 Å². The molecule has 2 aromatic rings. The van der Waals surface area contributed by atoms with E-state index < -0.39 is 14.9 Å². The molecule has 1 fully saturated rings. The van der Waals surface area contributed by atoms with Crippen LogP contribution in [-0.4, -0.2) is 64.8 Å². The summed E-state index contributed by atoms with van der Waals surface area (Å²) in [5, 5.41) is 17.4. The van der Waals surface area contributed by atoms with Crippen LogP contribution in [0, 0.1) is 24.0 Å². The molecule has 0 radical (unpaired) electrons. The Hall–Kier alpha value is -3.05. The van der Waals surface area contributed by atoms with E-state index in [4.69, 9.17) is 0 Å². The van der Waals surface area contributed by atoms with Gasteiger partial charge in [-0.1, -0.05) is 0 Å². The number of nitrogens with one attached hydrogen (secondary N) is 1. The first-order valence-corrected chi connectivity index (χ1v) is 10.9. The molecule has 0 bridgehead atoms. The van der Waals surface area contributed by atoms with Crippen LogP contribution in [0.1, 0.15) is 23.4 Å². The lowest BCUT2D eigenvalue weighted by molar-refractivity contribution is -0.384. The third kappa shape index (κ3) is 4.57. The van der Waals surface area contributed by atoms with Gasteiger partial charge in [0.1, 0.15) is 4.90 Å². The summed E-state index contributed by atoms with van der Waals surface area (Å²) in [6.45, 7) is 4.56. The summed E-state index contributed by atoms with van der Waals surface area (Å²) < 4.78 is 27.4. The number of benzene rings is 1. The molecule has 1 aliphatic rings. The van der Waals surface area contributed by atoms with Crippen molar-refractivity contribution in [1.82, 2.24) is 19.4 Å². The van der Waals surface area contributed by atoms with E-state index in [-0.39, 0.29) is 29.6 Å². The summed E-state index contributed by atoms with van der Waals surface area (Å²) in [4.78, 5) is 24.6. The Bertz CT molecular complexity index is 1060. The Labute approximate surface area is 174 Å². The van der Waals surface area contributed by atoms with Gasteiger partial charge in [0.25, 0.3) is 5.69 Å². The Kier molecular flexibility index (Phi) is 6.32. The van der Waals surface area contributed by atoms with E-state index in [2.05, 4.69) is 10.2 Å². The maximum absolute atomic E-state index is 13.0. The summed E-state index contributed by atoms with van der Waals surface area (Å²) in [5.41, 5.74) is 1.57. The topological polar surface area (TPSA) is 130 Å². The number of carbonyl (C=O) groups is 1. The molecule has 3 rings (SSSR count). The molecule has 0 aliphatic carbocycles. The molecule has 0 saturated carbocycles. The Morgan fingerprint density at radius 3 is 2.47 bits per heavy atom. The van der Waals surface area contributed by atoms with Crippen molar-refractivity contribution in [2.45, 2.75) is 25.2 Å². The van der Waals surface area contributed by atoms with Crippen molar-refractivity contribution in [2.75, 3.05) is 26.2 Å². The molecular formula is C19H23N5O5S. The van der Waals surface area contributed by atoms with Gasteiger partial charge in [-0.15, -0.1) is 0 Å². The third-order valence-electron chi connectivity index (χ3n) is 4.95. The predicted molar refractivity (Wildman–Crippen MR) is 110 cm³/mol. The van der Waals surface area contributed by atoms with Gasteiger partial charge in [-0.3, -0.25) is 20.0 Å². The molecule has 10 nitrogen and oxygen atoms in total. The molecule has 1 aromatic carbocycles. The molecule has 30 heavy (non-hydrogen) atoms. The van der Waals surface area contributed by atoms with Gasteiger partial charge in [0.2, 0.25) is 15.9 Å². The van der Waals surface area contributed by atoms with Crippen molar-refractivity contribution >= 4 is 27.7 Å². The number of sulfonamides is 1. The van der Waals surface area contributed by atoms with Crippen LogP contribution in [0.25, 0.3) is 6.08 Å². The fourth-order valence-electron chi connectivity index (χ4n) is 3.38. The molecule has 160 valence electrons. The summed E-state index contributed by atoms with van der Waals surface area (Å²) in [6.07, 6.45) is 3.51. The van der Waals surface area contributed by atoms with Crippen molar-refractivity contribution in [3.63, 3.8) is 0 Å². The Balaban J connectivity index is 1.66. The molecule has 1 amide bonds. The maximum Gasteiger partial charge on any atom is 0.269 e. The van der Waals surface area contributed by atoms with Crippen LogP contribution >= 0.6 is 0 Å². The van der Waals surface area contributed by atoms with E-state index in [9.17, 15) is 23.3 Å². The van der Waals surface area contributed by atoms with E-state index in [0.29, 0.717) is 36.5 Å². The van der Waals surface area contributed by atoms with Crippen LogP contribution < -0.4 is 0 Å². The number of non-ortho nitro benzene ring substituents is 1. The predicted octanol–water partition coefficient (Wildman–Crippen LogP) is 1.87. The summed E-state index contributed by atoms with van der Waals surface area (Å²) >= 11 is 0. The van der Waals surface area contributed by atoms with Gasteiger partial charge in [0, 0.05) is 44.4 Å². The molecule has 0 atom stereocenters. The second-order valence-corrected chi connectivity index (χ2v) is 8.90. The maximum atomic E-state index is 13.0. The zero-order valence-corrected chi connectivity index (χ0v) is 17.6. The number of aromatic nitrogens is 2. The molecule has 0 unspecified atom stereocenters. The molecular weight excluding hydrogens is 410 g/mol. The summed E-state index contributed by atoms with van der Waals surface area (Å²) in [7, 11) is -3.69. The van der Waals surface area contributed by atoms with Crippen LogP contribution in [-0.2, 0) is 14.8 Å². The van der Waals surface area contributed by atoms with Gasteiger partial charge in [0.15, 0.2) is 0 Å². The fraction of sp³-hybridized carbons (Fsp3) is 0.368. The quantitative estimate of drug-likeness (QED) is 0.435. The number of carbonyl (C=O) groups excluding carboxylic acids is 1. The SMILES string of the molecule is Cc1n[nH]c(C)c1S(=O)(=O)N1CCCN(C(=O)/C=C/c2ccc([N+](=O)[O-])cc2)CC1. The number of rotatable bonds is 5. The number of aromatic amines is 1. The summed E-state index contributed by atoms with van der Waals surface area (Å²) in [5.74, 6) is -0.233. The van der Waals surface area contributed by atoms with Crippen molar-refractivity contribution in [3.8, 4) is 0 Å². The average molecular weight is 433 g/mol. The first kappa shape index (κ1) is 21.7. The minimum absolute atomic E-state index is 0.0182. The van der Waals surface area contributed by atoms with E-state index in [1.165, 1.54) is 22.5 Å². The molecule has 11 heteroatoms. The molecule has 0 spiro atoms. The molecule has 1 aromatic heterocycles. The molecule has 1 aliphatic heterocycles. The molecule has 2 heterocycles. The van der Waals surface area contributed by atoms with Crippen LogP contribution in [0.4, 0.5) is 5.69 Å². The average Bonchev–Trinajstić information content (AvgIpc) is 2.91. The Morgan fingerprint density at radius 2 is 1.87 bits per heavy atom. The zero-order valence-electron chi connectivity index (χ0n) is 16.7. The lowest BCUT2D eigenvalue weighted by Crippen LogP contribution is -2.37. The highest BCUT2D eigenvalue weighted by Gasteiger charge is 2.31. The lowest BCUT2D eigenvalue weighted by Gasteiger charge is -2.21. The highest BCUT2D eigenvalue weighted by molar-refractivity contribution is 7.89. The standard InChI is InChI=1S/C19H23N5O5S/c1-14-19(15(2)21-20-14)30(28,29)23-11-3-10-22(12-13-23)18(25)9-6-16-4-7-17(8-5-16)24(26)27/h4-9H,3,10-13H2,1-2H3,(H,20,21)/b9-6+. The zero-order chi connectivity index (χ0) is 21.9. The van der Waals surface area contributed by atoms with Gasteiger partial charge >= 0.3 is 0 Å². The number of nitrogens with zero attached hydrogens (tertiary/aromatic N) is 4. The number of amides is 1. The largest absolute Gasteiger partial charge is 0.338 e. The molecule has 1 N–H and O–H groups in total. The number of hydrogen-bond donors (Lipinski definition) is 1. The highest BCUT2D eigenvalue weighted by atomic mass is 32.2. The smallest absolute Gasteiger partial charge is 0.269 e. The third-order valence-corrected chi connectivity index (χ3v) is 7.11. The number of hydrogen-bond acceptors (Lipinski definition) is 6. The van der Waals surface area contributed by atoms with Gasteiger partial charge in [0.05, 0.1) is 16.3 Å². The second-order valence-electron chi connectivity index (χ2n) is 7.03. The van der Waals surface area contributed by atoms with Crippen LogP contribution in [0.15, 0.2) is 35.2 Å². The van der Waals surface area contributed by atoms with Crippen molar-refractivity contribution in [1.29, 1.82) is 0 Å². The van der Waals surface area contributed by atoms with Gasteiger partial charge in [-0.05, 0) is 44.0 Å². The second kappa shape index (κ2) is 8.76. The normalized spacial score (nSPS) is 16.0. The first-order chi connectivity index (χ1) is 14.2. The van der Waals surface area contributed by atoms with Crippen LogP contribution in [0.2, 0.25) is 0 Å². The highest BCUT2D eigenvalue weighted by Crippen LogP contribution is 2.23.